The number of amides is 1. The first-order chi connectivity index (χ1) is 11.0. The van der Waals surface area contributed by atoms with Crippen molar-refractivity contribution in [3.05, 3.63) is 29.3 Å². The topological polar surface area (TPSA) is 44.8 Å². The fourth-order valence-corrected chi connectivity index (χ4v) is 2.71. The van der Waals surface area contributed by atoms with Gasteiger partial charge in [-0.3, -0.25) is 4.79 Å². The molecule has 1 aliphatic heterocycles. The third kappa shape index (κ3) is 6.37. The molecule has 0 unspecified atom stereocenters. The quantitative estimate of drug-likeness (QED) is 0.770. The van der Waals surface area contributed by atoms with Crippen molar-refractivity contribution in [1.29, 1.82) is 0 Å². The van der Waals surface area contributed by atoms with Crippen LogP contribution in [0.4, 0.5) is 0 Å². The van der Waals surface area contributed by atoms with Crippen molar-refractivity contribution in [3.63, 3.8) is 0 Å². The Bertz CT molecular complexity index is 504. The van der Waals surface area contributed by atoms with Gasteiger partial charge in [0.05, 0.1) is 0 Å². The van der Waals surface area contributed by atoms with Gasteiger partial charge in [-0.2, -0.15) is 0 Å². The number of ether oxygens (including phenoxy) is 1. The van der Waals surface area contributed by atoms with Gasteiger partial charge in [0.25, 0.3) is 5.91 Å². The molecule has 1 amide bonds. The lowest BCUT2D eigenvalue weighted by molar-refractivity contribution is -0.127. The van der Waals surface area contributed by atoms with Crippen LogP contribution in [0.3, 0.4) is 0 Å². The first kappa shape index (κ1) is 18.0. The van der Waals surface area contributed by atoms with Crippen LogP contribution in [0.25, 0.3) is 0 Å². The number of hydrogen-bond acceptors (Lipinski definition) is 4. The van der Waals surface area contributed by atoms with Gasteiger partial charge in [0, 0.05) is 37.7 Å². The van der Waals surface area contributed by atoms with Crippen LogP contribution in [-0.2, 0) is 4.79 Å². The Labute approximate surface area is 143 Å². The van der Waals surface area contributed by atoms with Crippen LogP contribution >= 0.6 is 11.6 Å². The van der Waals surface area contributed by atoms with Crippen LogP contribution in [0.1, 0.15) is 13.3 Å². The molecule has 1 heterocycles. The predicted molar refractivity (Wildman–Crippen MR) is 93.1 cm³/mol. The number of carbonyl (C=O) groups is 1. The van der Waals surface area contributed by atoms with Gasteiger partial charge < -0.3 is 19.9 Å². The summed E-state index contributed by atoms with van der Waals surface area (Å²) >= 11 is 5.90. The van der Waals surface area contributed by atoms with E-state index in [2.05, 4.69) is 22.2 Å². The average molecular weight is 340 g/mol. The van der Waals surface area contributed by atoms with Gasteiger partial charge in [-0.1, -0.05) is 17.7 Å². The first-order valence-corrected chi connectivity index (χ1v) is 8.53. The summed E-state index contributed by atoms with van der Waals surface area (Å²) in [5.74, 6) is 0.515. The number of hydrogen-bond donors (Lipinski definition) is 1. The molecule has 1 atom stereocenters. The fourth-order valence-electron chi connectivity index (χ4n) is 2.53. The maximum absolute atomic E-state index is 12.0. The zero-order valence-corrected chi connectivity index (χ0v) is 14.7. The molecule has 5 nitrogen and oxygen atoms in total. The normalized spacial score (nSPS) is 17.7. The molecule has 128 valence electrons. The van der Waals surface area contributed by atoms with Crippen molar-refractivity contribution in [2.75, 3.05) is 46.3 Å². The minimum absolute atomic E-state index is 0.0941. The van der Waals surface area contributed by atoms with Gasteiger partial charge in [0.15, 0.2) is 6.10 Å². The number of halogens is 1. The van der Waals surface area contributed by atoms with E-state index in [0.29, 0.717) is 17.3 Å². The Morgan fingerprint density at radius 1 is 1.35 bits per heavy atom. The summed E-state index contributed by atoms with van der Waals surface area (Å²) in [6.07, 6.45) is 0.427. The van der Waals surface area contributed by atoms with Gasteiger partial charge in [-0.25, -0.2) is 0 Å². The Kier molecular flexibility index (Phi) is 7.15. The molecule has 6 heteroatoms. The van der Waals surface area contributed by atoms with Gasteiger partial charge in [-0.05, 0) is 45.1 Å². The van der Waals surface area contributed by atoms with Gasteiger partial charge >= 0.3 is 0 Å². The number of benzene rings is 1. The summed E-state index contributed by atoms with van der Waals surface area (Å²) in [6.45, 7) is 7.91. The van der Waals surface area contributed by atoms with Crippen molar-refractivity contribution in [2.24, 2.45) is 0 Å². The summed E-state index contributed by atoms with van der Waals surface area (Å²) in [5.41, 5.74) is 0. The Morgan fingerprint density at radius 3 is 2.78 bits per heavy atom. The van der Waals surface area contributed by atoms with Crippen molar-refractivity contribution in [3.8, 4) is 5.75 Å². The lowest BCUT2D eigenvalue weighted by Gasteiger charge is -2.32. The molecular formula is C17H26ClN3O2. The maximum Gasteiger partial charge on any atom is 0.260 e. The first-order valence-electron chi connectivity index (χ1n) is 8.15. The van der Waals surface area contributed by atoms with E-state index < -0.39 is 6.10 Å². The fraction of sp³-hybridized carbons (Fsp3) is 0.588. The van der Waals surface area contributed by atoms with Gasteiger partial charge in [-0.15, -0.1) is 0 Å². The molecule has 0 spiro atoms. The third-order valence-corrected chi connectivity index (χ3v) is 4.26. The lowest BCUT2D eigenvalue weighted by Crippen LogP contribution is -2.45. The van der Waals surface area contributed by atoms with E-state index in [1.54, 1.807) is 31.2 Å². The SMILES string of the molecule is C[C@H](Oc1cccc(Cl)c1)C(=O)NCCCN1CCN(C)CC1. The lowest BCUT2D eigenvalue weighted by atomic mass is 10.3. The van der Waals surface area contributed by atoms with Crippen molar-refractivity contribution in [2.45, 2.75) is 19.4 Å². The van der Waals surface area contributed by atoms with E-state index in [0.717, 1.165) is 39.1 Å². The second-order valence-electron chi connectivity index (χ2n) is 6.01. The second-order valence-corrected chi connectivity index (χ2v) is 6.44. The molecule has 1 aromatic carbocycles. The van der Waals surface area contributed by atoms with E-state index >= 15 is 0 Å². The highest BCUT2D eigenvalue weighted by Gasteiger charge is 2.15. The number of piperazine rings is 1. The molecular weight excluding hydrogens is 314 g/mol. The molecule has 2 rings (SSSR count). The van der Waals surface area contributed by atoms with Crippen molar-refractivity contribution < 1.29 is 9.53 Å². The highest BCUT2D eigenvalue weighted by molar-refractivity contribution is 6.30. The van der Waals surface area contributed by atoms with Crippen molar-refractivity contribution >= 4 is 17.5 Å². The van der Waals surface area contributed by atoms with E-state index in [9.17, 15) is 4.79 Å². The third-order valence-electron chi connectivity index (χ3n) is 4.02. The predicted octanol–water partition coefficient (Wildman–Crippen LogP) is 1.86. The number of rotatable bonds is 7. The zero-order valence-electron chi connectivity index (χ0n) is 13.9. The molecule has 1 N–H and O–H groups in total. The number of carbonyl (C=O) groups excluding carboxylic acids is 1. The maximum atomic E-state index is 12.0. The molecule has 1 aromatic rings. The van der Waals surface area contributed by atoms with Crippen LogP contribution in [0.15, 0.2) is 24.3 Å². The number of likely N-dealkylation sites (N-methyl/N-ethyl adjacent to an activating group) is 1. The van der Waals surface area contributed by atoms with Gasteiger partial charge in [0.2, 0.25) is 0 Å². The minimum Gasteiger partial charge on any atom is -0.481 e. The summed E-state index contributed by atoms with van der Waals surface area (Å²) < 4.78 is 5.60. The molecule has 1 fully saturated rings. The van der Waals surface area contributed by atoms with Crippen LogP contribution in [-0.4, -0.2) is 68.1 Å². The molecule has 23 heavy (non-hydrogen) atoms. The van der Waals surface area contributed by atoms with Crippen LogP contribution in [0.5, 0.6) is 5.75 Å². The summed E-state index contributed by atoms with van der Waals surface area (Å²) in [7, 11) is 2.15. The second kappa shape index (κ2) is 9.11. The number of nitrogens with one attached hydrogen (secondary N) is 1. The van der Waals surface area contributed by atoms with E-state index in [1.807, 2.05) is 0 Å². The summed E-state index contributed by atoms with van der Waals surface area (Å²) in [4.78, 5) is 16.8. The van der Waals surface area contributed by atoms with E-state index in [4.69, 9.17) is 16.3 Å². The zero-order chi connectivity index (χ0) is 16.7. The van der Waals surface area contributed by atoms with E-state index in [-0.39, 0.29) is 5.91 Å². The Morgan fingerprint density at radius 2 is 2.09 bits per heavy atom. The molecule has 0 radical (unpaired) electrons. The Hall–Kier alpha value is -1.30. The van der Waals surface area contributed by atoms with Gasteiger partial charge in [0.1, 0.15) is 5.75 Å². The average Bonchev–Trinajstić information content (AvgIpc) is 2.53. The van der Waals surface area contributed by atoms with Crippen molar-refractivity contribution in [1.82, 2.24) is 15.1 Å². The monoisotopic (exact) mass is 339 g/mol. The highest BCUT2D eigenvalue weighted by Crippen LogP contribution is 2.18. The molecule has 0 aliphatic carbocycles. The molecule has 0 aromatic heterocycles. The minimum atomic E-state index is -0.530. The molecule has 1 aliphatic rings. The van der Waals surface area contributed by atoms with Crippen LogP contribution in [0, 0.1) is 0 Å². The van der Waals surface area contributed by atoms with E-state index in [1.165, 1.54) is 0 Å². The summed E-state index contributed by atoms with van der Waals surface area (Å²) in [5, 5.41) is 3.53. The molecule has 0 saturated carbocycles. The standard InChI is InChI=1S/C17H26ClN3O2/c1-14(23-16-6-3-5-15(18)13-16)17(22)19-7-4-8-21-11-9-20(2)10-12-21/h3,5-6,13-14H,4,7-12H2,1-2H3,(H,19,22)/t14-/m0/s1. The highest BCUT2D eigenvalue weighted by atomic mass is 35.5. The Balaban J connectivity index is 1.62. The molecule has 0 bridgehead atoms. The number of nitrogens with zero attached hydrogens (tertiary/aromatic N) is 2. The summed E-state index contributed by atoms with van der Waals surface area (Å²) in [6, 6.07) is 7.08. The smallest absolute Gasteiger partial charge is 0.260 e. The molecule has 1 saturated heterocycles. The van der Waals surface area contributed by atoms with Crippen LogP contribution < -0.4 is 10.1 Å². The van der Waals surface area contributed by atoms with Crippen LogP contribution in [0.2, 0.25) is 5.02 Å². The largest absolute Gasteiger partial charge is 0.481 e.